The maximum absolute atomic E-state index is 11.8. The van der Waals surface area contributed by atoms with Gasteiger partial charge in [0.15, 0.2) is 0 Å². The van der Waals surface area contributed by atoms with Crippen LogP contribution in [0.1, 0.15) is 28.8 Å². The van der Waals surface area contributed by atoms with E-state index in [2.05, 4.69) is 26.2 Å². The molecule has 2 rings (SSSR count). The zero-order chi connectivity index (χ0) is 11.5. The minimum atomic E-state index is -0.0405. The molecule has 1 aromatic heterocycles. The molecule has 1 fully saturated rings. The molecule has 0 spiro atoms. The Kier molecular flexibility index (Phi) is 3.59. The van der Waals surface area contributed by atoms with Gasteiger partial charge < -0.3 is 5.32 Å². The van der Waals surface area contributed by atoms with Crippen molar-refractivity contribution in [3.8, 4) is 0 Å². The Hall–Kier alpha value is -0.900. The fourth-order valence-electron chi connectivity index (χ4n) is 1.60. The largest absolute Gasteiger partial charge is 0.351 e. The molecule has 0 saturated heterocycles. The van der Waals surface area contributed by atoms with E-state index < -0.39 is 0 Å². The number of halogens is 1. The monoisotopic (exact) mass is 282 g/mol. The third-order valence-electron chi connectivity index (χ3n) is 2.73. The molecule has 1 amide bonds. The lowest BCUT2D eigenvalue weighted by Crippen LogP contribution is -2.30. The molecule has 1 N–H and O–H groups in total. The van der Waals surface area contributed by atoms with Crippen LogP contribution in [0, 0.1) is 12.8 Å². The predicted molar refractivity (Wildman–Crippen MR) is 66.7 cm³/mol. The lowest BCUT2D eigenvalue weighted by Gasteiger charge is -2.09. The van der Waals surface area contributed by atoms with Crippen LogP contribution < -0.4 is 5.32 Å². The number of nitrogens with one attached hydrogen (secondary N) is 1. The fourth-order valence-corrected chi connectivity index (χ4v) is 2.29. The Labute approximate surface area is 104 Å². The minimum absolute atomic E-state index is 0.0405. The quantitative estimate of drug-likeness (QED) is 0.861. The van der Waals surface area contributed by atoms with Crippen LogP contribution in [0.15, 0.2) is 18.5 Å². The molecule has 1 aliphatic carbocycles. The van der Waals surface area contributed by atoms with Gasteiger partial charge in [-0.3, -0.25) is 9.78 Å². The number of alkyl halides is 1. The predicted octanol–water partition coefficient (Wildman–Crippen LogP) is 2.29. The van der Waals surface area contributed by atoms with Gasteiger partial charge in [0.1, 0.15) is 0 Å². The Morgan fingerprint density at radius 3 is 3.00 bits per heavy atom. The number of aromatic nitrogens is 1. The summed E-state index contributed by atoms with van der Waals surface area (Å²) in [6.07, 6.45) is 5.90. The number of rotatable bonds is 4. The van der Waals surface area contributed by atoms with Gasteiger partial charge in [-0.25, -0.2) is 0 Å². The van der Waals surface area contributed by atoms with E-state index in [-0.39, 0.29) is 5.91 Å². The van der Waals surface area contributed by atoms with E-state index in [0.717, 1.165) is 11.5 Å². The molecular weight excluding hydrogens is 268 g/mol. The van der Waals surface area contributed by atoms with E-state index in [0.29, 0.717) is 16.9 Å². The first-order valence-electron chi connectivity index (χ1n) is 5.51. The van der Waals surface area contributed by atoms with Crippen LogP contribution in [-0.4, -0.2) is 22.3 Å². The Morgan fingerprint density at radius 1 is 1.62 bits per heavy atom. The number of amides is 1. The van der Waals surface area contributed by atoms with Crippen molar-refractivity contribution < 1.29 is 4.79 Å². The molecule has 16 heavy (non-hydrogen) atoms. The summed E-state index contributed by atoms with van der Waals surface area (Å²) in [6.45, 7) is 2.62. The second-order valence-electron chi connectivity index (χ2n) is 4.31. The molecule has 1 aromatic rings. The van der Waals surface area contributed by atoms with Gasteiger partial charge in [-0.05, 0) is 37.3 Å². The SMILES string of the molecule is Cc1cncc(C(=O)NCC(Br)C2CC2)c1. The van der Waals surface area contributed by atoms with Crippen LogP contribution in [0.5, 0.6) is 0 Å². The van der Waals surface area contributed by atoms with Crippen molar-refractivity contribution in [1.82, 2.24) is 10.3 Å². The lowest BCUT2D eigenvalue weighted by atomic mass is 10.2. The molecule has 4 heteroatoms. The number of carbonyl (C=O) groups is 1. The Balaban J connectivity index is 1.87. The molecule has 1 atom stereocenters. The van der Waals surface area contributed by atoms with E-state index >= 15 is 0 Å². The average molecular weight is 283 g/mol. The summed E-state index contributed by atoms with van der Waals surface area (Å²) in [5.74, 6) is 0.706. The highest BCUT2D eigenvalue weighted by atomic mass is 79.9. The molecule has 3 nitrogen and oxygen atoms in total. The van der Waals surface area contributed by atoms with E-state index in [9.17, 15) is 4.79 Å². The molecule has 86 valence electrons. The number of nitrogens with zero attached hydrogens (tertiary/aromatic N) is 1. The number of hydrogen-bond donors (Lipinski definition) is 1. The summed E-state index contributed by atoms with van der Waals surface area (Å²) >= 11 is 3.59. The van der Waals surface area contributed by atoms with Crippen LogP contribution in [0.2, 0.25) is 0 Å². The highest BCUT2D eigenvalue weighted by Crippen LogP contribution is 2.36. The average Bonchev–Trinajstić information content (AvgIpc) is 3.09. The zero-order valence-electron chi connectivity index (χ0n) is 9.24. The van der Waals surface area contributed by atoms with Crippen molar-refractivity contribution in [3.63, 3.8) is 0 Å². The number of carbonyl (C=O) groups excluding carboxylic acids is 1. The summed E-state index contributed by atoms with van der Waals surface area (Å²) in [5, 5.41) is 2.92. The first-order chi connectivity index (χ1) is 7.66. The van der Waals surface area contributed by atoms with Gasteiger partial charge in [0.2, 0.25) is 0 Å². The van der Waals surface area contributed by atoms with Gasteiger partial charge in [-0.2, -0.15) is 0 Å². The molecule has 1 unspecified atom stereocenters. The van der Waals surface area contributed by atoms with Crippen molar-refractivity contribution in [1.29, 1.82) is 0 Å². The van der Waals surface area contributed by atoms with Crippen molar-refractivity contribution in [2.45, 2.75) is 24.6 Å². The standard InChI is InChI=1S/C12H15BrN2O/c1-8-4-10(6-14-5-8)12(16)15-7-11(13)9-2-3-9/h4-6,9,11H,2-3,7H2,1H3,(H,15,16). The van der Waals surface area contributed by atoms with Crippen LogP contribution in [0.4, 0.5) is 0 Å². The summed E-state index contributed by atoms with van der Waals surface area (Å²) in [4.78, 5) is 16.2. The van der Waals surface area contributed by atoms with Crippen LogP contribution in [-0.2, 0) is 0 Å². The Bertz CT molecular complexity index is 390. The molecule has 1 heterocycles. The van der Waals surface area contributed by atoms with E-state index in [4.69, 9.17) is 0 Å². The highest BCUT2D eigenvalue weighted by molar-refractivity contribution is 9.09. The first kappa shape index (κ1) is 11.6. The topological polar surface area (TPSA) is 42.0 Å². The normalized spacial score (nSPS) is 16.9. The third kappa shape index (κ3) is 3.04. The second-order valence-corrected chi connectivity index (χ2v) is 5.49. The first-order valence-corrected chi connectivity index (χ1v) is 6.42. The molecule has 0 bridgehead atoms. The van der Waals surface area contributed by atoms with E-state index in [1.165, 1.54) is 12.8 Å². The van der Waals surface area contributed by atoms with Crippen LogP contribution >= 0.6 is 15.9 Å². The third-order valence-corrected chi connectivity index (χ3v) is 3.80. The van der Waals surface area contributed by atoms with Gasteiger partial charge >= 0.3 is 0 Å². The number of aryl methyl sites for hydroxylation is 1. The zero-order valence-corrected chi connectivity index (χ0v) is 10.8. The molecule has 0 aliphatic heterocycles. The second kappa shape index (κ2) is 4.95. The van der Waals surface area contributed by atoms with E-state index in [1.54, 1.807) is 12.4 Å². The highest BCUT2D eigenvalue weighted by Gasteiger charge is 2.29. The summed E-state index contributed by atoms with van der Waals surface area (Å²) in [5.41, 5.74) is 1.64. The van der Waals surface area contributed by atoms with Crippen molar-refractivity contribution >= 4 is 21.8 Å². The molecule has 1 saturated carbocycles. The maximum Gasteiger partial charge on any atom is 0.252 e. The van der Waals surface area contributed by atoms with Crippen molar-refractivity contribution in [2.24, 2.45) is 5.92 Å². The van der Waals surface area contributed by atoms with Gasteiger partial charge in [0.25, 0.3) is 5.91 Å². The lowest BCUT2D eigenvalue weighted by molar-refractivity contribution is 0.0953. The van der Waals surface area contributed by atoms with Gasteiger partial charge in [0.05, 0.1) is 5.56 Å². The number of hydrogen-bond acceptors (Lipinski definition) is 2. The van der Waals surface area contributed by atoms with Gasteiger partial charge in [-0.15, -0.1) is 0 Å². The molecule has 0 aromatic carbocycles. The smallest absolute Gasteiger partial charge is 0.252 e. The summed E-state index contributed by atoms with van der Waals surface area (Å²) in [7, 11) is 0. The summed E-state index contributed by atoms with van der Waals surface area (Å²) < 4.78 is 0. The van der Waals surface area contributed by atoms with Crippen LogP contribution in [0.25, 0.3) is 0 Å². The van der Waals surface area contributed by atoms with Crippen molar-refractivity contribution in [3.05, 3.63) is 29.6 Å². The number of pyridine rings is 1. The van der Waals surface area contributed by atoms with Gasteiger partial charge in [0, 0.05) is 23.8 Å². The summed E-state index contributed by atoms with van der Waals surface area (Å²) in [6, 6.07) is 1.85. The maximum atomic E-state index is 11.8. The van der Waals surface area contributed by atoms with Crippen molar-refractivity contribution in [2.75, 3.05) is 6.54 Å². The van der Waals surface area contributed by atoms with E-state index in [1.807, 2.05) is 13.0 Å². The molecule has 0 radical (unpaired) electrons. The molecule has 1 aliphatic rings. The minimum Gasteiger partial charge on any atom is -0.351 e. The fraction of sp³-hybridized carbons (Fsp3) is 0.500. The van der Waals surface area contributed by atoms with Crippen LogP contribution in [0.3, 0.4) is 0 Å². The Morgan fingerprint density at radius 2 is 2.38 bits per heavy atom. The van der Waals surface area contributed by atoms with Gasteiger partial charge in [-0.1, -0.05) is 15.9 Å². The molecular formula is C12H15BrN2O.